The van der Waals surface area contributed by atoms with Gasteiger partial charge in [-0.2, -0.15) is 0 Å². The van der Waals surface area contributed by atoms with Crippen LogP contribution in [0.4, 0.5) is 5.69 Å². The lowest BCUT2D eigenvalue weighted by atomic mass is 10.1. The molecule has 84 valence electrons. The van der Waals surface area contributed by atoms with E-state index in [4.69, 9.17) is 22.7 Å². The normalized spacial score (nSPS) is 10.9. The number of nitrogens with two attached hydrogens (primary N) is 1. The van der Waals surface area contributed by atoms with Gasteiger partial charge in [0, 0.05) is 20.1 Å². The summed E-state index contributed by atoms with van der Waals surface area (Å²) in [6.45, 7) is 4.20. The Bertz CT molecular complexity index is 396. The molecule has 0 radical (unpaired) electrons. The van der Waals surface area contributed by atoms with Gasteiger partial charge in [-0.3, -0.25) is 4.79 Å². The largest absolute Gasteiger partial charge is 0.378 e. The molecular formula is C10H16N2O2S. The fourth-order valence-corrected chi connectivity index (χ4v) is 1.64. The highest BCUT2D eigenvalue weighted by Gasteiger charge is 2.16. The summed E-state index contributed by atoms with van der Waals surface area (Å²) in [5.74, 6) is 0. The van der Waals surface area contributed by atoms with E-state index in [2.05, 4.69) is 0 Å². The summed E-state index contributed by atoms with van der Waals surface area (Å²) in [6.07, 6.45) is 0. The fraction of sp³-hybridized carbons (Fsp3) is 0.600. The lowest BCUT2D eigenvalue weighted by molar-refractivity contribution is 0.148. The van der Waals surface area contributed by atoms with Crippen LogP contribution < -0.4 is 16.1 Å². The standard InChI is InChI=1S/C10H16N2O2S/c1-7-8(9(13)10(7)15)12(2)4-6-14-5-3-11/h3-6,11H2,1-2H3. The average Bonchev–Trinajstić information content (AvgIpc) is 2.24. The van der Waals surface area contributed by atoms with Gasteiger partial charge in [0.1, 0.15) is 0 Å². The monoisotopic (exact) mass is 228 g/mol. The Labute approximate surface area is 94.3 Å². The summed E-state index contributed by atoms with van der Waals surface area (Å²) in [5, 5.41) is 0. The Hall–Kier alpha value is -0.780. The molecule has 1 aromatic rings. The van der Waals surface area contributed by atoms with Crippen molar-refractivity contribution >= 4 is 17.9 Å². The van der Waals surface area contributed by atoms with E-state index in [0.717, 1.165) is 11.3 Å². The number of hydrogen-bond donors (Lipinski definition) is 1. The van der Waals surface area contributed by atoms with Crippen LogP contribution >= 0.6 is 12.2 Å². The van der Waals surface area contributed by atoms with Crippen molar-refractivity contribution in [1.82, 2.24) is 0 Å². The molecule has 0 saturated carbocycles. The Morgan fingerprint density at radius 2 is 2.13 bits per heavy atom. The van der Waals surface area contributed by atoms with Gasteiger partial charge in [0.15, 0.2) is 0 Å². The van der Waals surface area contributed by atoms with Gasteiger partial charge >= 0.3 is 0 Å². The minimum Gasteiger partial charge on any atom is -0.378 e. The molecular weight excluding hydrogens is 212 g/mol. The molecule has 0 spiro atoms. The highest BCUT2D eigenvalue weighted by molar-refractivity contribution is 7.71. The van der Waals surface area contributed by atoms with Crippen LogP contribution in [-0.4, -0.2) is 33.4 Å². The molecule has 0 aromatic heterocycles. The van der Waals surface area contributed by atoms with E-state index in [1.165, 1.54) is 0 Å². The molecule has 0 heterocycles. The van der Waals surface area contributed by atoms with E-state index < -0.39 is 0 Å². The van der Waals surface area contributed by atoms with Crippen molar-refractivity contribution in [2.75, 3.05) is 38.3 Å². The zero-order valence-corrected chi connectivity index (χ0v) is 9.89. The minimum atomic E-state index is -0.0242. The summed E-state index contributed by atoms with van der Waals surface area (Å²) in [5.41, 5.74) is 6.89. The van der Waals surface area contributed by atoms with Gasteiger partial charge in [0.05, 0.1) is 23.4 Å². The van der Waals surface area contributed by atoms with Gasteiger partial charge in [0.25, 0.3) is 0 Å². The Balaban J connectivity index is 2.45. The number of rotatable bonds is 6. The number of anilines is 1. The first-order valence-corrected chi connectivity index (χ1v) is 5.29. The summed E-state index contributed by atoms with van der Waals surface area (Å²) >= 11 is 4.90. The molecule has 1 rings (SSSR count). The van der Waals surface area contributed by atoms with E-state index in [0.29, 0.717) is 30.8 Å². The zero-order valence-electron chi connectivity index (χ0n) is 9.08. The van der Waals surface area contributed by atoms with Crippen molar-refractivity contribution in [2.24, 2.45) is 5.73 Å². The lowest BCUT2D eigenvalue weighted by Crippen LogP contribution is -2.32. The van der Waals surface area contributed by atoms with E-state index in [9.17, 15) is 4.79 Å². The quantitative estimate of drug-likeness (QED) is 0.563. The van der Waals surface area contributed by atoms with Crippen LogP contribution in [0.5, 0.6) is 0 Å². The van der Waals surface area contributed by atoms with Crippen LogP contribution in [0.2, 0.25) is 0 Å². The Morgan fingerprint density at radius 3 is 2.67 bits per heavy atom. The molecule has 0 aliphatic heterocycles. The minimum absolute atomic E-state index is 0.0242. The van der Waals surface area contributed by atoms with E-state index in [-0.39, 0.29) is 5.43 Å². The molecule has 0 aliphatic rings. The summed E-state index contributed by atoms with van der Waals surface area (Å²) in [7, 11) is 1.87. The Kier molecular flexibility index (Phi) is 4.38. The molecule has 0 bridgehead atoms. The second kappa shape index (κ2) is 5.34. The third-order valence-corrected chi connectivity index (χ3v) is 2.82. The lowest BCUT2D eigenvalue weighted by Gasteiger charge is -2.22. The van der Waals surface area contributed by atoms with Crippen LogP contribution in [0.25, 0.3) is 0 Å². The molecule has 0 atom stereocenters. The average molecular weight is 228 g/mol. The van der Waals surface area contributed by atoms with E-state index in [1.54, 1.807) is 0 Å². The van der Waals surface area contributed by atoms with Crippen molar-refractivity contribution in [3.63, 3.8) is 0 Å². The summed E-state index contributed by atoms with van der Waals surface area (Å²) < 4.78 is 5.69. The molecule has 0 aliphatic carbocycles. The van der Waals surface area contributed by atoms with Gasteiger partial charge in [-0.05, 0) is 12.5 Å². The summed E-state index contributed by atoms with van der Waals surface area (Å²) in [4.78, 5) is 13.3. The number of ether oxygens (including phenoxy) is 1. The first-order chi connectivity index (χ1) is 7.09. The van der Waals surface area contributed by atoms with Crippen molar-refractivity contribution < 1.29 is 4.74 Å². The predicted molar refractivity (Wildman–Crippen MR) is 63.8 cm³/mol. The molecule has 1 aromatic carbocycles. The maximum absolute atomic E-state index is 11.4. The number of nitrogens with zero attached hydrogens (tertiary/aromatic N) is 1. The SMILES string of the molecule is Cc1c(N(C)CCOCCN)c(=O)c1=S. The maximum atomic E-state index is 11.4. The number of likely N-dealkylation sites (N-methyl/N-ethyl adjacent to an activating group) is 1. The molecule has 4 nitrogen and oxygen atoms in total. The van der Waals surface area contributed by atoms with Crippen molar-refractivity contribution in [2.45, 2.75) is 6.92 Å². The Morgan fingerprint density at radius 1 is 1.47 bits per heavy atom. The predicted octanol–water partition coefficient (Wildman–Crippen LogP) is 0.372. The summed E-state index contributed by atoms with van der Waals surface area (Å²) in [6, 6.07) is 0. The molecule has 0 saturated heterocycles. The fourth-order valence-electron chi connectivity index (χ4n) is 1.45. The molecule has 0 fully saturated rings. The number of hydrogen-bond acceptors (Lipinski definition) is 5. The molecule has 0 unspecified atom stereocenters. The van der Waals surface area contributed by atoms with Gasteiger partial charge in [-0.25, -0.2) is 0 Å². The van der Waals surface area contributed by atoms with Crippen LogP contribution in [0.15, 0.2) is 4.79 Å². The van der Waals surface area contributed by atoms with E-state index in [1.807, 2.05) is 18.9 Å². The smallest absolute Gasteiger partial charge is 0.220 e. The van der Waals surface area contributed by atoms with Crippen LogP contribution in [-0.2, 0) is 4.74 Å². The van der Waals surface area contributed by atoms with Gasteiger partial charge in [-0.1, -0.05) is 12.2 Å². The first kappa shape index (κ1) is 12.3. The highest BCUT2D eigenvalue weighted by atomic mass is 32.1. The van der Waals surface area contributed by atoms with Crippen molar-refractivity contribution in [1.29, 1.82) is 0 Å². The van der Waals surface area contributed by atoms with Gasteiger partial charge in [0.2, 0.25) is 5.43 Å². The topological polar surface area (TPSA) is 55.6 Å². The molecule has 15 heavy (non-hydrogen) atoms. The molecule has 0 amide bonds. The van der Waals surface area contributed by atoms with E-state index >= 15 is 0 Å². The first-order valence-electron chi connectivity index (χ1n) is 4.88. The van der Waals surface area contributed by atoms with Crippen molar-refractivity contribution in [3.05, 3.63) is 20.3 Å². The third-order valence-electron chi connectivity index (χ3n) is 2.33. The van der Waals surface area contributed by atoms with Gasteiger partial charge in [-0.15, -0.1) is 0 Å². The third kappa shape index (κ3) is 2.62. The van der Waals surface area contributed by atoms with Gasteiger partial charge < -0.3 is 15.4 Å². The second-order valence-electron chi connectivity index (χ2n) is 3.45. The molecule has 2 N–H and O–H groups in total. The van der Waals surface area contributed by atoms with Crippen LogP contribution in [0, 0.1) is 11.4 Å². The van der Waals surface area contributed by atoms with Crippen molar-refractivity contribution in [3.8, 4) is 0 Å². The maximum Gasteiger partial charge on any atom is 0.220 e. The second-order valence-corrected chi connectivity index (χ2v) is 3.86. The zero-order chi connectivity index (χ0) is 11.4. The van der Waals surface area contributed by atoms with Crippen LogP contribution in [0.3, 0.4) is 0 Å². The molecule has 5 heteroatoms. The highest BCUT2D eigenvalue weighted by Crippen LogP contribution is 2.17. The van der Waals surface area contributed by atoms with Crippen LogP contribution in [0.1, 0.15) is 5.56 Å².